The summed E-state index contributed by atoms with van der Waals surface area (Å²) in [6, 6.07) is 0. The van der Waals surface area contributed by atoms with Gasteiger partial charge in [-0.25, -0.2) is 0 Å². The van der Waals surface area contributed by atoms with E-state index in [-0.39, 0.29) is 0 Å². The summed E-state index contributed by atoms with van der Waals surface area (Å²) in [4.78, 5) is 0. The first-order chi connectivity index (χ1) is 4.31. The van der Waals surface area contributed by atoms with Crippen molar-refractivity contribution in [3.63, 3.8) is 0 Å². The fraction of sp³-hybridized carbons (Fsp3) is 1.00. The fourth-order valence-corrected chi connectivity index (χ4v) is 4.40. The van der Waals surface area contributed by atoms with Crippen molar-refractivity contribution in [2.24, 2.45) is 5.73 Å². The summed E-state index contributed by atoms with van der Waals surface area (Å²) in [6.07, 6.45) is 1.04. The number of hydrogen-bond donors (Lipinski definition) is 1. The smallest absolute Gasteiger partial charge is 0.282 e. The number of nitrogens with two attached hydrogens (primary N) is 1. The topological polar surface area (TPSA) is 44.5 Å². The molecule has 0 fully saturated rings. The quantitative estimate of drug-likeness (QED) is 0.365. The molecule has 0 aliphatic rings. The summed E-state index contributed by atoms with van der Waals surface area (Å²) in [5, 5.41) is 0. The molecule has 3 nitrogen and oxygen atoms in total. The van der Waals surface area contributed by atoms with Crippen LogP contribution in [0.25, 0.3) is 0 Å². The molecular formula is C3H15NO2Si3. The van der Waals surface area contributed by atoms with Gasteiger partial charge in [0, 0.05) is 5.67 Å². The zero-order valence-corrected chi connectivity index (χ0v) is 10.9. The predicted molar refractivity (Wildman–Crippen MR) is 47.5 cm³/mol. The molecule has 0 aromatic heterocycles. The van der Waals surface area contributed by atoms with E-state index in [0.717, 1.165) is 16.9 Å². The van der Waals surface area contributed by atoms with Crippen LogP contribution < -0.4 is 5.73 Å². The molecule has 0 bridgehead atoms. The lowest BCUT2D eigenvalue weighted by Crippen LogP contribution is -2.29. The second kappa shape index (κ2) is 6.65. The molecule has 0 heterocycles. The standard InChI is InChI=1S/C3H15NO2Si3/c1-2-3(4)8-6-9-5-7/h3H,2,4,8-9H2,1,7H3. The molecule has 0 aromatic rings. The highest BCUT2D eigenvalue weighted by Gasteiger charge is 1.97. The van der Waals surface area contributed by atoms with Crippen LogP contribution in [0.4, 0.5) is 0 Å². The van der Waals surface area contributed by atoms with Gasteiger partial charge in [0.1, 0.15) is 10.5 Å². The lowest BCUT2D eigenvalue weighted by Gasteiger charge is -2.06. The van der Waals surface area contributed by atoms with Crippen molar-refractivity contribution in [2.45, 2.75) is 19.0 Å². The van der Waals surface area contributed by atoms with Crippen molar-refractivity contribution in [3.05, 3.63) is 0 Å². The van der Waals surface area contributed by atoms with Crippen molar-refractivity contribution in [1.82, 2.24) is 0 Å². The van der Waals surface area contributed by atoms with Gasteiger partial charge in [-0.15, -0.1) is 0 Å². The van der Waals surface area contributed by atoms with Crippen LogP contribution in [-0.2, 0) is 8.23 Å². The van der Waals surface area contributed by atoms with Crippen LogP contribution in [0.2, 0.25) is 0 Å². The Labute approximate surface area is 63.8 Å². The van der Waals surface area contributed by atoms with Crippen molar-refractivity contribution >= 4 is 30.3 Å². The van der Waals surface area contributed by atoms with Crippen molar-refractivity contribution < 1.29 is 8.23 Å². The van der Waals surface area contributed by atoms with Crippen LogP contribution in [0.15, 0.2) is 0 Å². The van der Waals surface area contributed by atoms with E-state index in [1.165, 1.54) is 0 Å². The summed E-state index contributed by atoms with van der Waals surface area (Å²) in [5.74, 6) is 0. The average molecular weight is 181 g/mol. The van der Waals surface area contributed by atoms with Gasteiger partial charge >= 0.3 is 0 Å². The minimum absolute atomic E-state index is 0.342. The van der Waals surface area contributed by atoms with Crippen molar-refractivity contribution in [2.75, 3.05) is 0 Å². The van der Waals surface area contributed by atoms with Crippen molar-refractivity contribution in [3.8, 4) is 0 Å². The van der Waals surface area contributed by atoms with Crippen LogP contribution in [0, 0.1) is 0 Å². The van der Waals surface area contributed by atoms with Crippen LogP contribution in [0.3, 0.4) is 0 Å². The first-order valence-electron chi connectivity index (χ1n) is 3.13. The zero-order valence-electron chi connectivity index (χ0n) is 6.09. The molecule has 0 aromatic carbocycles. The zero-order chi connectivity index (χ0) is 7.11. The van der Waals surface area contributed by atoms with Gasteiger partial charge in [0.2, 0.25) is 0 Å². The highest BCUT2D eigenvalue weighted by atomic mass is 28.3. The fourth-order valence-electron chi connectivity index (χ4n) is 0.401. The summed E-state index contributed by atoms with van der Waals surface area (Å²) in [5.41, 5.74) is 5.97. The maximum atomic E-state index is 5.63. The average Bonchev–Trinajstić information content (AvgIpc) is 1.89. The third kappa shape index (κ3) is 6.42. The van der Waals surface area contributed by atoms with Crippen molar-refractivity contribution in [1.29, 1.82) is 0 Å². The molecular weight excluding hydrogens is 166 g/mol. The molecule has 0 aliphatic heterocycles. The molecule has 2 N–H and O–H groups in total. The summed E-state index contributed by atoms with van der Waals surface area (Å²) >= 11 is 0. The Morgan fingerprint density at radius 1 is 1.78 bits per heavy atom. The molecule has 1 atom stereocenters. The lowest BCUT2D eigenvalue weighted by molar-refractivity contribution is 0.492. The van der Waals surface area contributed by atoms with Gasteiger partial charge in [-0.3, -0.25) is 0 Å². The van der Waals surface area contributed by atoms with Crippen LogP contribution in [0.5, 0.6) is 0 Å². The maximum Gasteiger partial charge on any atom is 0.282 e. The molecule has 0 amide bonds. The van der Waals surface area contributed by atoms with E-state index < -0.39 is 19.8 Å². The van der Waals surface area contributed by atoms with Gasteiger partial charge in [-0.2, -0.15) is 0 Å². The second-order valence-corrected chi connectivity index (χ2v) is 7.51. The van der Waals surface area contributed by atoms with Gasteiger partial charge in [-0.1, -0.05) is 6.92 Å². The largest absolute Gasteiger partial charge is 0.449 e. The van der Waals surface area contributed by atoms with E-state index in [1.807, 2.05) is 0 Å². The normalized spacial score (nSPS) is 16.7. The molecule has 0 saturated carbocycles. The van der Waals surface area contributed by atoms with E-state index in [2.05, 4.69) is 6.92 Å². The Bertz CT molecular complexity index is 65.0. The van der Waals surface area contributed by atoms with Crippen LogP contribution >= 0.6 is 0 Å². The lowest BCUT2D eigenvalue weighted by atomic mass is 10.5. The third-order valence-electron chi connectivity index (χ3n) is 1.06. The Balaban J connectivity index is 2.88. The summed E-state index contributed by atoms with van der Waals surface area (Å²) in [6.45, 7) is 2.09. The Hall–Kier alpha value is 0.531. The van der Waals surface area contributed by atoms with Gasteiger partial charge in [0.25, 0.3) is 10.0 Å². The van der Waals surface area contributed by atoms with E-state index in [9.17, 15) is 0 Å². The molecule has 0 saturated heterocycles. The van der Waals surface area contributed by atoms with Gasteiger partial charge in [0.15, 0.2) is 9.76 Å². The Kier molecular flexibility index (Phi) is 7.04. The Morgan fingerprint density at radius 2 is 2.44 bits per heavy atom. The molecule has 56 valence electrons. The van der Waals surface area contributed by atoms with Gasteiger partial charge in [0.05, 0.1) is 0 Å². The molecule has 0 rings (SSSR count). The van der Waals surface area contributed by atoms with E-state index in [4.69, 9.17) is 14.0 Å². The summed E-state index contributed by atoms with van der Waals surface area (Å²) < 4.78 is 10.3. The maximum absolute atomic E-state index is 5.63. The predicted octanol–water partition coefficient (Wildman–Crippen LogP) is -2.92. The van der Waals surface area contributed by atoms with E-state index in [0.29, 0.717) is 5.67 Å². The van der Waals surface area contributed by atoms with Crippen LogP contribution in [0.1, 0.15) is 13.3 Å². The highest BCUT2D eigenvalue weighted by molar-refractivity contribution is 6.42. The SMILES string of the molecule is CCC(N)[SiH2]O[SiH2]O[SiH3]. The number of hydrogen-bond acceptors (Lipinski definition) is 3. The van der Waals surface area contributed by atoms with Gasteiger partial charge in [-0.05, 0) is 6.42 Å². The molecule has 6 heteroatoms. The minimum Gasteiger partial charge on any atom is -0.449 e. The van der Waals surface area contributed by atoms with E-state index in [1.54, 1.807) is 0 Å². The first-order valence-corrected chi connectivity index (χ1v) is 6.50. The van der Waals surface area contributed by atoms with Crippen LogP contribution in [-0.4, -0.2) is 35.9 Å². The van der Waals surface area contributed by atoms with E-state index >= 15 is 0 Å². The molecule has 0 radical (unpaired) electrons. The first kappa shape index (κ1) is 9.53. The molecule has 1 unspecified atom stereocenters. The summed E-state index contributed by atoms with van der Waals surface area (Å²) in [7, 11) is -0.207. The Morgan fingerprint density at radius 3 is 2.89 bits per heavy atom. The molecule has 0 spiro atoms. The number of rotatable bonds is 5. The molecule has 9 heavy (non-hydrogen) atoms. The minimum atomic E-state index is -0.587. The highest BCUT2D eigenvalue weighted by Crippen LogP contribution is 1.82. The van der Waals surface area contributed by atoms with Gasteiger partial charge < -0.3 is 14.0 Å². The monoisotopic (exact) mass is 181 g/mol. The third-order valence-corrected chi connectivity index (χ3v) is 4.62. The molecule has 0 aliphatic carbocycles. The second-order valence-electron chi connectivity index (χ2n) is 1.95.